The molecule has 1 saturated heterocycles. The molecule has 2 fully saturated rings. The summed E-state index contributed by atoms with van der Waals surface area (Å²) in [6.07, 6.45) is 14.5. The molecule has 2 aliphatic carbocycles. The summed E-state index contributed by atoms with van der Waals surface area (Å²) in [5, 5.41) is 0. The highest BCUT2D eigenvalue weighted by molar-refractivity contribution is 5.91. The Hall–Kier alpha value is -1.19. The molecule has 0 N–H and O–H groups in total. The van der Waals surface area contributed by atoms with Gasteiger partial charge in [-0.05, 0) is 43.4 Å². The summed E-state index contributed by atoms with van der Waals surface area (Å²) < 4.78 is 12.1. The minimum absolute atomic E-state index is 0.107. The van der Waals surface area contributed by atoms with Gasteiger partial charge >= 0.3 is 0 Å². The van der Waals surface area contributed by atoms with Crippen LogP contribution in [0.4, 0.5) is 0 Å². The van der Waals surface area contributed by atoms with Crippen LogP contribution in [0, 0.1) is 5.92 Å². The summed E-state index contributed by atoms with van der Waals surface area (Å²) in [5.41, 5.74) is 0.479. The summed E-state index contributed by atoms with van der Waals surface area (Å²) in [6.45, 7) is 6.63. The minimum Gasteiger partial charge on any atom is -0.365 e. The van der Waals surface area contributed by atoms with Gasteiger partial charge in [0.05, 0.1) is 12.7 Å². The second-order valence-corrected chi connectivity index (χ2v) is 6.94. The maximum Gasteiger partial charge on any atom is 0.158 e. The Morgan fingerprint density at radius 3 is 2.91 bits per heavy atom. The molecule has 3 aliphatic rings. The SMILES string of the molecule is C=C(/C=C/C1CCCCC1)[C@H]1CO[C@@]2(C)C=CC(=O)C[C@H]2O1. The number of carbonyl (C=O) groups excluding carboxylic acids is 1. The predicted octanol–water partition coefficient (Wildman–Crippen LogP) is 3.75. The second-order valence-electron chi connectivity index (χ2n) is 6.94. The van der Waals surface area contributed by atoms with Crippen LogP contribution >= 0.6 is 0 Å². The highest BCUT2D eigenvalue weighted by Crippen LogP contribution is 2.34. The summed E-state index contributed by atoms with van der Waals surface area (Å²) in [4.78, 5) is 11.6. The number of hydrogen-bond acceptors (Lipinski definition) is 3. The van der Waals surface area contributed by atoms with Gasteiger partial charge in [-0.1, -0.05) is 38.0 Å². The predicted molar refractivity (Wildman–Crippen MR) is 86.6 cm³/mol. The number of ether oxygens (including phenoxy) is 2. The first-order valence-electron chi connectivity index (χ1n) is 8.45. The Morgan fingerprint density at radius 2 is 2.14 bits per heavy atom. The lowest BCUT2D eigenvalue weighted by molar-refractivity contribution is -0.201. The molecular formula is C19H26O3. The maximum atomic E-state index is 11.6. The number of fused-ring (bicyclic) bond motifs is 1. The van der Waals surface area contributed by atoms with Gasteiger partial charge in [0.2, 0.25) is 0 Å². The number of ketones is 1. The van der Waals surface area contributed by atoms with E-state index in [1.54, 1.807) is 6.08 Å². The van der Waals surface area contributed by atoms with E-state index in [2.05, 4.69) is 18.7 Å². The van der Waals surface area contributed by atoms with Crippen molar-refractivity contribution < 1.29 is 14.3 Å². The van der Waals surface area contributed by atoms with Crippen molar-refractivity contribution in [3.05, 3.63) is 36.5 Å². The summed E-state index contributed by atoms with van der Waals surface area (Å²) >= 11 is 0. The van der Waals surface area contributed by atoms with Crippen LogP contribution in [0.15, 0.2) is 36.5 Å². The van der Waals surface area contributed by atoms with E-state index in [1.807, 2.05) is 13.0 Å². The fraction of sp³-hybridized carbons (Fsp3) is 0.632. The molecule has 0 bridgehead atoms. The Labute approximate surface area is 133 Å². The van der Waals surface area contributed by atoms with Crippen LogP contribution in [0.5, 0.6) is 0 Å². The van der Waals surface area contributed by atoms with E-state index in [0.29, 0.717) is 18.9 Å². The van der Waals surface area contributed by atoms with E-state index in [0.717, 1.165) is 5.57 Å². The quantitative estimate of drug-likeness (QED) is 0.745. The molecule has 3 atom stereocenters. The molecule has 0 aromatic heterocycles. The van der Waals surface area contributed by atoms with Crippen molar-refractivity contribution in [1.82, 2.24) is 0 Å². The zero-order valence-corrected chi connectivity index (χ0v) is 13.4. The molecule has 1 heterocycles. The van der Waals surface area contributed by atoms with E-state index >= 15 is 0 Å². The first kappa shape index (κ1) is 15.7. The molecule has 1 aliphatic heterocycles. The van der Waals surface area contributed by atoms with Crippen molar-refractivity contribution in [2.24, 2.45) is 5.92 Å². The van der Waals surface area contributed by atoms with E-state index in [4.69, 9.17) is 9.47 Å². The molecule has 0 radical (unpaired) electrons. The molecule has 120 valence electrons. The maximum absolute atomic E-state index is 11.6. The van der Waals surface area contributed by atoms with Crippen molar-refractivity contribution in [3.63, 3.8) is 0 Å². The van der Waals surface area contributed by atoms with E-state index < -0.39 is 5.60 Å². The second kappa shape index (κ2) is 6.51. The lowest BCUT2D eigenvalue weighted by Gasteiger charge is -2.44. The molecule has 3 rings (SSSR count). The number of carbonyl (C=O) groups is 1. The fourth-order valence-corrected chi connectivity index (χ4v) is 3.52. The monoisotopic (exact) mass is 302 g/mol. The van der Waals surface area contributed by atoms with Gasteiger partial charge in [-0.15, -0.1) is 0 Å². The van der Waals surface area contributed by atoms with E-state index in [9.17, 15) is 4.79 Å². The summed E-state index contributed by atoms with van der Waals surface area (Å²) in [7, 11) is 0. The Balaban J connectivity index is 1.59. The smallest absolute Gasteiger partial charge is 0.158 e. The standard InChI is InChI=1S/C19H26O3/c1-14(8-9-15-6-4-3-5-7-15)17-13-21-19(2)11-10-16(20)12-18(19)22-17/h8-11,15,17-18H,1,3-7,12-13H2,2H3/b9-8+/t17-,18-,19+/m1/s1. The van der Waals surface area contributed by atoms with Crippen LogP contribution in [-0.2, 0) is 14.3 Å². The zero-order valence-electron chi connectivity index (χ0n) is 13.4. The van der Waals surface area contributed by atoms with Crippen LogP contribution in [0.3, 0.4) is 0 Å². The molecule has 1 saturated carbocycles. The topological polar surface area (TPSA) is 35.5 Å². The Kier molecular flexibility index (Phi) is 4.65. The average molecular weight is 302 g/mol. The molecule has 3 heteroatoms. The third-order valence-electron chi connectivity index (χ3n) is 5.15. The number of rotatable bonds is 3. The molecule has 22 heavy (non-hydrogen) atoms. The van der Waals surface area contributed by atoms with Crippen molar-refractivity contribution >= 4 is 5.78 Å². The van der Waals surface area contributed by atoms with Gasteiger partial charge in [0.15, 0.2) is 5.78 Å². The van der Waals surface area contributed by atoms with Gasteiger partial charge < -0.3 is 9.47 Å². The lowest BCUT2D eigenvalue weighted by Crippen LogP contribution is -2.53. The van der Waals surface area contributed by atoms with Gasteiger partial charge in [-0.25, -0.2) is 0 Å². The third-order valence-corrected chi connectivity index (χ3v) is 5.15. The molecule has 0 aromatic rings. The van der Waals surface area contributed by atoms with Crippen molar-refractivity contribution in [2.75, 3.05) is 6.61 Å². The third kappa shape index (κ3) is 3.41. The van der Waals surface area contributed by atoms with Crippen molar-refractivity contribution in [3.8, 4) is 0 Å². The van der Waals surface area contributed by atoms with E-state index in [-0.39, 0.29) is 18.0 Å². The number of allylic oxidation sites excluding steroid dienone is 2. The lowest BCUT2D eigenvalue weighted by atomic mass is 9.86. The van der Waals surface area contributed by atoms with Gasteiger partial charge in [-0.2, -0.15) is 0 Å². The van der Waals surface area contributed by atoms with Crippen molar-refractivity contribution in [1.29, 1.82) is 0 Å². The van der Waals surface area contributed by atoms with Crippen LogP contribution in [-0.4, -0.2) is 30.2 Å². The average Bonchev–Trinajstić information content (AvgIpc) is 2.54. The minimum atomic E-state index is -0.474. The number of hydrogen-bond donors (Lipinski definition) is 0. The van der Waals surface area contributed by atoms with E-state index in [1.165, 1.54) is 32.1 Å². The Bertz CT molecular complexity index is 499. The summed E-state index contributed by atoms with van der Waals surface area (Å²) in [6, 6.07) is 0. The zero-order chi connectivity index (χ0) is 15.6. The van der Waals surface area contributed by atoms with Crippen LogP contribution in [0.25, 0.3) is 0 Å². The summed E-state index contributed by atoms with van der Waals surface area (Å²) in [5.74, 6) is 0.787. The van der Waals surface area contributed by atoms with Gasteiger partial charge in [0, 0.05) is 6.42 Å². The Morgan fingerprint density at radius 1 is 1.36 bits per heavy atom. The highest BCUT2D eigenvalue weighted by atomic mass is 16.6. The molecule has 0 aromatic carbocycles. The first-order valence-corrected chi connectivity index (χ1v) is 8.45. The van der Waals surface area contributed by atoms with Crippen LogP contribution in [0.1, 0.15) is 45.4 Å². The molecule has 0 amide bonds. The van der Waals surface area contributed by atoms with Crippen LogP contribution < -0.4 is 0 Å². The fourth-order valence-electron chi connectivity index (χ4n) is 3.52. The first-order chi connectivity index (χ1) is 10.6. The van der Waals surface area contributed by atoms with Gasteiger partial charge in [0.25, 0.3) is 0 Å². The molecular weight excluding hydrogens is 276 g/mol. The molecule has 3 nitrogen and oxygen atoms in total. The molecule has 0 spiro atoms. The molecule has 0 unspecified atom stereocenters. The normalized spacial score (nSPS) is 36.5. The van der Waals surface area contributed by atoms with Gasteiger partial charge in [-0.3, -0.25) is 4.79 Å². The van der Waals surface area contributed by atoms with Gasteiger partial charge in [0.1, 0.15) is 11.7 Å². The van der Waals surface area contributed by atoms with Crippen molar-refractivity contribution in [2.45, 2.75) is 63.3 Å². The highest BCUT2D eigenvalue weighted by Gasteiger charge is 2.43. The van der Waals surface area contributed by atoms with Crippen LogP contribution in [0.2, 0.25) is 0 Å². The largest absolute Gasteiger partial charge is 0.365 e.